The summed E-state index contributed by atoms with van der Waals surface area (Å²) in [5.41, 5.74) is 0. The van der Waals surface area contributed by atoms with Crippen LogP contribution in [0.15, 0.2) is 0 Å². The molecule has 6 nitrogen and oxygen atoms in total. The monoisotopic (exact) mass is 245 g/mol. The number of rotatable bonds is 2. The Labute approximate surface area is 128 Å². The van der Waals surface area contributed by atoms with Crippen molar-refractivity contribution in [2.45, 2.75) is 13.8 Å². The van der Waals surface area contributed by atoms with E-state index in [1.807, 2.05) is 0 Å². The van der Waals surface area contributed by atoms with Gasteiger partial charge in [0.15, 0.2) is 6.61 Å². The van der Waals surface area contributed by atoms with Crippen molar-refractivity contribution in [3.05, 3.63) is 0 Å². The number of ether oxygens (including phenoxy) is 2. The summed E-state index contributed by atoms with van der Waals surface area (Å²) >= 11 is 0. The van der Waals surface area contributed by atoms with Crippen LogP contribution in [0.1, 0.15) is 13.8 Å². The SMILES string of the molecule is CC(=O)OCC(=O)OC(C)=O.N.[CaH2].[MgH2]. The Kier molecular flexibility index (Phi) is 23.3. The summed E-state index contributed by atoms with van der Waals surface area (Å²) in [6.45, 7) is 1.72. The van der Waals surface area contributed by atoms with Gasteiger partial charge in [-0.15, -0.1) is 0 Å². The van der Waals surface area contributed by atoms with Crippen LogP contribution in [0.5, 0.6) is 0 Å². The molecule has 0 aromatic rings. The van der Waals surface area contributed by atoms with Crippen molar-refractivity contribution in [1.29, 1.82) is 0 Å². The maximum absolute atomic E-state index is 10.4. The summed E-state index contributed by atoms with van der Waals surface area (Å²) in [4.78, 5) is 30.7. The molecule has 0 amide bonds. The average Bonchev–Trinajstić information content (AvgIpc) is 1.82. The minimum atomic E-state index is -0.868. The maximum atomic E-state index is 10.4. The van der Waals surface area contributed by atoms with E-state index in [9.17, 15) is 14.4 Å². The number of hydrogen-bond donors (Lipinski definition) is 1. The normalized spacial score (nSPS) is 6.71. The van der Waals surface area contributed by atoms with Gasteiger partial charge in [0, 0.05) is 13.8 Å². The fourth-order valence-corrected chi connectivity index (χ4v) is 0.350. The molecule has 0 heterocycles. The first-order valence-electron chi connectivity index (χ1n) is 2.87. The van der Waals surface area contributed by atoms with Gasteiger partial charge < -0.3 is 15.6 Å². The Morgan fingerprint density at radius 1 is 1.07 bits per heavy atom. The third kappa shape index (κ3) is 18.4. The van der Waals surface area contributed by atoms with Gasteiger partial charge in [-0.05, 0) is 0 Å². The smallest absolute Gasteiger partial charge is 0.316 e. The van der Waals surface area contributed by atoms with E-state index in [-0.39, 0.29) is 66.9 Å². The van der Waals surface area contributed by atoms with Gasteiger partial charge in [-0.25, -0.2) is 4.79 Å². The van der Waals surface area contributed by atoms with Gasteiger partial charge in [0.05, 0.1) is 0 Å². The second-order valence-corrected chi connectivity index (χ2v) is 1.75. The summed E-state index contributed by atoms with van der Waals surface area (Å²) < 4.78 is 8.28. The van der Waals surface area contributed by atoms with Crippen molar-refractivity contribution in [2.24, 2.45) is 0 Å². The molecule has 0 aromatic carbocycles. The Hall–Kier alpha value is 0.596. The minimum absolute atomic E-state index is 0. The molecule has 0 radical (unpaired) electrons. The predicted octanol–water partition coefficient (Wildman–Crippen LogP) is -2.03. The van der Waals surface area contributed by atoms with E-state index in [4.69, 9.17) is 0 Å². The molecule has 0 fully saturated rings. The van der Waals surface area contributed by atoms with Gasteiger partial charge in [0.2, 0.25) is 0 Å². The molecule has 0 aliphatic carbocycles. The molecule has 0 saturated heterocycles. The van der Waals surface area contributed by atoms with Gasteiger partial charge in [-0.3, -0.25) is 9.59 Å². The topological polar surface area (TPSA) is 105 Å². The van der Waals surface area contributed by atoms with E-state index < -0.39 is 24.5 Å². The molecular weight excluding hydrogens is 230 g/mol. The second-order valence-electron chi connectivity index (χ2n) is 1.75. The van der Waals surface area contributed by atoms with Crippen LogP contribution < -0.4 is 6.15 Å². The zero-order valence-corrected chi connectivity index (χ0v) is 6.96. The van der Waals surface area contributed by atoms with Gasteiger partial charge in [0.25, 0.3) is 0 Å². The maximum Gasteiger partial charge on any atom is 0.316 e. The van der Waals surface area contributed by atoms with Crippen LogP contribution in [-0.2, 0) is 23.9 Å². The van der Waals surface area contributed by atoms with E-state index in [1.54, 1.807) is 0 Å². The molecule has 0 aromatic heterocycles. The molecular formula is C6H15CaMgNO5. The Morgan fingerprint density at radius 2 is 1.50 bits per heavy atom. The molecule has 0 unspecified atom stereocenters. The Morgan fingerprint density at radius 3 is 1.79 bits per heavy atom. The van der Waals surface area contributed by atoms with Crippen molar-refractivity contribution in [3.63, 3.8) is 0 Å². The summed E-state index contributed by atoms with van der Waals surface area (Å²) in [5, 5.41) is 0. The Bertz CT molecular complexity index is 199. The zero-order valence-electron chi connectivity index (χ0n) is 6.96. The Balaban J connectivity index is -0.000000167. The molecule has 0 aliphatic heterocycles. The average molecular weight is 246 g/mol. The van der Waals surface area contributed by atoms with E-state index in [0.717, 1.165) is 13.8 Å². The molecule has 3 N–H and O–H groups in total. The minimum Gasteiger partial charge on any atom is 0.316 e. The van der Waals surface area contributed by atoms with Crippen LogP contribution in [0.2, 0.25) is 0 Å². The fraction of sp³-hybridized carbons (Fsp3) is 0.500. The van der Waals surface area contributed by atoms with Crippen molar-refractivity contribution in [3.8, 4) is 0 Å². The first kappa shape index (κ1) is 24.0. The molecule has 0 bridgehead atoms. The third-order valence-electron chi connectivity index (χ3n) is 0.651. The number of esters is 3. The molecule has 0 rings (SSSR count). The third-order valence-corrected chi connectivity index (χ3v) is 0.651. The van der Waals surface area contributed by atoms with Gasteiger partial charge in [-0.2, -0.15) is 0 Å². The number of carbonyl (C=O) groups is 3. The van der Waals surface area contributed by atoms with Crippen LogP contribution in [0, 0.1) is 0 Å². The molecule has 0 atom stereocenters. The molecule has 14 heavy (non-hydrogen) atoms. The standard InChI is InChI=1S/C6H8O5.Ca.Mg.H3N.4H/c1-4(7)10-3-6(9)11-5(2)8;;;;;;;/h3H2,1-2H3;;;1H3;;;;. The first-order chi connectivity index (χ1) is 5.02. The molecule has 8 heteroatoms. The van der Waals surface area contributed by atoms with Gasteiger partial charge >= 0.3 is 78.7 Å². The quantitative estimate of drug-likeness (QED) is 0.342. The van der Waals surface area contributed by atoms with Crippen LogP contribution in [-0.4, -0.2) is 85.3 Å². The van der Waals surface area contributed by atoms with Crippen molar-refractivity contribution in [2.75, 3.05) is 6.61 Å². The van der Waals surface area contributed by atoms with E-state index in [0.29, 0.717) is 0 Å². The van der Waals surface area contributed by atoms with Crippen LogP contribution >= 0.6 is 0 Å². The van der Waals surface area contributed by atoms with Crippen LogP contribution in [0.25, 0.3) is 0 Å². The molecule has 78 valence electrons. The largest absolute Gasteiger partial charge is 0.316 e. The number of carbonyl (C=O) groups excluding carboxylic acids is 3. The van der Waals surface area contributed by atoms with Crippen molar-refractivity contribution < 1.29 is 23.9 Å². The summed E-state index contributed by atoms with van der Waals surface area (Å²) in [6, 6.07) is 0. The van der Waals surface area contributed by atoms with Gasteiger partial charge in [0.1, 0.15) is 0 Å². The van der Waals surface area contributed by atoms with Crippen LogP contribution in [0.3, 0.4) is 0 Å². The number of hydrogen-bond acceptors (Lipinski definition) is 6. The predicted molar refractivity (Wildman–Crippen MR) is 55.5 cm³/mol. The second kappa shape index (κ2) is 13.6. The van der Waals surface area contributed by atoms with Crippen molar-refractivity contribution >= 4 is 78.7 Å². The molecule has 0 aliphatic rings. The first-order valence-corrected chi connectivity index (χ1v) is 2.87. The summed E-state index contributed by atoms with van der Waals surface area (Å²) in [7, 11) is 0. The molecule has 0 spiro atoms. The summed E-state index contributed by atoms with van der Waals surface area (Å²) in [5.74, 6) is -2.18. The van der Waals surface area contributed by atoms with E-state index in [2.05, 4.69) is 9.47 Å². The summed E-state index contributed by atoms with van der Waals surface area (Å²) in [6.07, 6.45) is 0. The van der Waals surface area contributed by atoms with Gasteiger partial charge in [-0.1, -0.05) is 0 Å². The van der Waals surface area contributed by atoms with Crippen molar-refractivity contribution in [1.82, 2.24) is 6.15 Å². The fourth-order valence-electron chi connectivity index (χ4n) is 0.350. The van der Waals surface area contributed by atoms with Crippen LogP contribution in [0.4, 0.5) is 0 Å². The van der Waals surface area contributed by atoms with E-state index >= 15 is 0 Å². The molecule has 0 saturated carbocycles. The zero-order chi connectivity index (χ0) is 8.85. The van der Waals surface area contributed by atoms with E-state index in [1.165, 1.54) is 0 Å².